The van der Waals surface area contributed by atoms with E-state index in [1.807, 2.05) is 66.9 Å². The third-order valence-electron chi connectivity index (χ3n) is 4.21. The topological polar surface area (TPSA) is 54.9 Å². The van der Waals surface area contributed by atoms with Gasteiger partial charge in [-0.25, -0.2) is 4.98 Å². The molecule has 1 amide bonds. The molecule has 4 nitrogen and oxygen atoms in total. The van der Waals surface area contributed by atoms with Crippen LogP contribution in [0.4, 0.5) is 5.69 Å². The molecule has 30 heavy (non-hydrogen) atoms. The number of benzene rings is 2. The summed E-state index contributed by atoms with van der Waals surface area (Å²) in [5, 5.41) is 3.66. The lowest BCUT2D eigenvalue weighted by Crippen LogP contribution is -2.13. The summed E-state index contributed by atoms with van der Waals surface area (Å²) in [6.07, 6.45) is 5.36. The summed E-state index contributed by atoms with van der Waals surface area (Å²) in [7, 11) is 0. The van der Waals surface area contributed by atoms with E-state index in [0.717, 1.165) is 21.2 Å². The van der Waals surface area contributed by atoms with Crippen molar-refractivity contribution >= 4 is 35.1 Å². The Balaban J connectivity index is 1.40. The van der Waals surface area contributed by atoms with Gasteiger partial charge in [-0.15, -0.1) is 11.8 Å². The molecule has 0 unspecified atom stereocenters. The van der Waals surface area contributed by atoms with E-state index in [1.54, 1.807) is 36.3 Å². The normalized spacial score (nSPS) is 10.5. The number of nitrogens with one attached hydrogen (secondary N) is 1. The molecule has 4 rings (SSSR count). The Bertz CT molecular complexity index is 1100. The third kappa shape index (κ3) is 5.49. The highest BCUT2D eigenvalue weighted by Gasteiger charge is 2.13. The number of nitrogens with zero attached hydrogens (tertiary/aromatic N) is 2. The van der Waals surface area contributed by atoms with Crippen molar-refractivity contribution in [2.75, 3.05) is 5.32 Å². The molecule has 2 heterocycles. The molecule has 0 saturated heterocycles. The second-order valence-corrected chi connectivity index (χ2v) is 8.51. The Morgan fingerprint density at radius 1 is 0.833 bits per heavy atom. The van der Waals surface area contributed by atoms with Crippen LogP contribution in [0.5, 0.6) is 0 Å². The van der Waals surface area contributed by atoms with Gasteiger partial charge in [0.1, 0.15) is 5.03 Å². The molecule has 2 aromatic carbocycles. The number of hydrogen-bond acceptors (Lipinski definition) is 5. The van der Waals surface area contributed by atoms with Crippen LogP contribution in [-0.4, -0.2) is 15.9 Å². The summed E-state index contributed by atoms with van der Waals surface area (Å²) in [6, 6.07) is 25.4. The standard InChI is InChI=1S/C24H19N3OS2/c28-23(22-9-5-15-26-24(22)30-21-7-2-1-3-8-21)27-19-10-12-20(13-11-19)29-17-18-6-4-14-25-16-18/h1-16H,17H2,(H,27,28). The fourth-order valence-electron chi connectivity index (χ4n) is 2.73. The van der Waals surface area contributed by atoms with Crippen molar-refractivity contribution in [1.82, 2.24) is 9.97 Å². The quantitative estimate of drug-likeness (QED) is 0.356. The van der Waals surface area contributed by atoms with Gasteiger partial charge in [-0.3, -0.25) is 9.78 Å². The highest BCUT2D eigenvalue weighted by Crippen LogP contribution is 2.29. The lowest BCUT2D eigenvalue weighted by molar-refractivity contribution is 0.102. The molecule has 0 bridgehead atoms. The third-order valence-corrected chi connectivity index (χ3v) is 6.32. The first kappa shape index (κ1) is 20.2. The van der Waals surface area contributed by atoms with Gasteiger partial charge in [-0.1, -0.05) is 36.0 Å². The van der Waals surface area contributed by atoms with E-state index in [0.29, 0.717) is 10.6 Å². The zero-order valence-corrected chi connectivity index (χ0v) is 17.7. The van der Waals surface area contributed by atoms with Gasteiger partial charge in [0.15, 0.2) is 0 Å². The van der Waals surface area contributed by atoms with Crippen molar-refractivity contribution < 1.29 is 4.79 Å². The van der Waals surface area contributed by atoms with Crippen LogP contribution >= 0.6 is 23.5 Å². The van der Waals surface area contributed by atoms with Gasteiger partial charge in [-0.2, -0.15) is 0 Å². The molecule has 0 aliphatic carbocycles. The maximum Gasteiger partial charge on any atom is 0.258 e. The molecule has 0 aliphatic rings. The Morgan fingerprint density at radius 3 is 2.40 bits per heavy atom. The zero-order valence-electron chi connectivity index (χ0n) is 16.1. The van der Waals surface area contributed by atoms with Crippen molar-refractivity contribution in [3.63, 3.8) is 0 Å². The lowest BCUT2D eigenvalue weighted by atomic mass is 10.2. The summed E-state index contributed by atoms with van der Waals surface area (Å²) in [5.74, 6) is 0.687. The molecule has 0 saturated carbocycles. The second kappa shape index (κ2) is 10.1. The number of pyridine rings is 2. The Kier molecular flexibility index (Phi) is 6.79. The van der Waals surface area contributed by atoms with Crippen LogP contribution in [0.2, 0.25) is 0 Å². The fraction of sp³-hybridized carbons (Fsp3) is 0.0417. The van der Waals surface area contributed by atoms with E-state index in [1.165, 1.54) is 17.3 Å². The van der Waals surface area contributed by atoms with Crippen molar-refractivity contribution in [3.05, 3.63) is 109 Å². The van der Waals surface area contributed by atoms with Gasteiger partial charge < -0.3 is 5.32 Å². The number of aromatic nitrogens is 2. The summed E-state index contributed by atoms with van der Waals surface area (Å²) >= 11 is 3.21. The fourth-order valence-corrected chi connectivity index (χ4v) is 4.46. The van der Waals surface area contributed by atoms with E-state index in [-0.39, 0.29) is 5.91 Å². The average molecular weight is 430 g/mol. The monoisotopic (exact) mass is 429 g/mol. The number of amides is 1. The Hall–Kier alpha value is -3.09. The summed E-state index contributed by atoms with van der Waals surface area (Å²) < 4.78 is 0. The zero-order chi connectivity index (χ0) is 20.6. The predicted molar refractivity (Wildman–Crippen MR) is 123 cm³/mol. The van der Waals surface area contributed by atoms with Crippen molar-refractivity contribution in [2.45, 2.75) is 20.6 Å². The number of thioether (sulfide) groups is 1. The van der Waals surface area contributed by atoms with Gasteiger partial charge in [-0.05, 0) is 60.2 Å². The van der Waals surface area contributed by atoms with E-state index >= 15 is 0 Å². The van der Waals surface area contributed by atoms with E-state index in [9.17, 15) is 4.79 Å². The molecule has 0 aliphatic heterocycles. The second-order valence-electron chi connectivity index (χ2n) is 6.40. The lowest BCUT2D eigenvalue weighted by Gasteiger charge is -2.10. The number of carbonyl (C=O) groups is 1. The molecule has 148 valence electrons. The average Bonchev–Trinajstić information content (AvgIpc) is 2.80. The Labute approximate surface area is 184 Å². The first-order valence-electron chi connectivity index (χ1n) is 9.39. The summed E-state index contributed by atoms with van der Waals surface area (Å²) in [4.78, 5) is 23.6. The van der Waals surface area contributed by atoms with Gasteiger partial charge in [0.2, 0.25) is 0 Å². The van der Waals surface area contributed by atoms with Crippen LogP contribution in [0.3, 0.4) is 0 Å². The van der Waals surface area contributed by atoms with Crippen LogP contribution < -0.4 is 5.32 Å². The molecule has 0 atom stereocenters. The highest BCUT2D eigenvalue weighted by molar-refractivity contribution is 7.99. The Morgan fingerprint density at radius 2 is 1.63 bits per heavy atom. The van der Waals surface area contributed by atoms with Crippen molar-refractivity contribution in [2.24, 2.45) is 0 Å². The minimum Gasteiger partial charge on any atom is -0.322 e. The largest absolute Gasteiger partial charge is 0.322 e. The highest BCUT2D eigenvalue weighted by atomic mass is 32.2. The summed E-state index contributed by atoms with van der Waals surface area (Å²) in [6.45, 7) is 0. The van der Waals surface area contributed by atoms with Gasteiger partial charge >= 0.3 is 0 Å². The number of rotatable bonds is 7. The van der Waals surface area contributed by atoms with Crippen LogP contribution in [0, 0.1) is 0 Å². The van der Waals surface area contributed by atoms with Gasteiger partial charge in [0.05, 0.1) is 5.56 Å². The number of hydrogen-bond donors (Lipinski definition) is 1. The first-order chi connectivity index (χ1) is 14.8. The van der Waals surface area contributed by atoms with Gasteiger partial charge in [0.25, 0.3) is 5.91 Å². The predicted octanol–water partition coefficient (Wildman–Crippen LogP) is 6.17. The minimum atomic E-state index is -0.169. The first-order valence-corrected chi connectivity index (χ1v) is 11.2. The SMILES string of the molecule is O=C(Nc1ccc(SCc2cccnc2)cc1)c1cccnc1Sc1ccccc1. The van der Waals surface area contributed by atoms with E-state index in [2.05, 4.69) is 21.4 Å². The molecule has 2 aromatic heterocycles. The van der Waals surface area contributed by atoms with Crippen LogP contribution in [0.15, 0.2) is 112 Å². The molecular weight excluding hydrogens is 410 g/mol. The van der Waals surface area contributed by atoms with E-state index in [4.69, 9.17) is 0 Å². The minimum absolute atomic E-state index is 0.169. The van der Waals surface area contributed by atoms with Gasteiger partial charge in [0, 0.05) is 39.8 Å². The van der Waals surface area contributed by atoms with Crippen LogP contribution in [0.1, 0.15) is 15.9 Å². The summed E-state index contributed by atoms with van der Waals surface area (Å²) in [5.41, 5.74) is 2.49. The smallest absolute Gasteiger partial charge is 0.258 e. The maximum atomic E-state index is 12.8. The molecular formula is C24H19N3OS2. The molecule has 6 heteroatoms. The number of carbonyl (C=O) groups excluding carboxylic acids is 1. The van der Waals surface area contributed by atoms with Crippen LogP contribution in [0.25, 0.3) is 0 Å². The number of anilines is 1. The molecule has 0 fully saturated rings. The van der Waals surface area contributed by atoms with Crippen LogP contribution in [-0.2, 0) is 5.75 Å². The molecule has 4 aromatic rings. The molecule has 1 N–H and O–H groups in total. The van der Waals surface area contributed by atoms with Crippen molar-refractivity contribution in [1.29, 1.82) is 0 Å². The maximum absolute atomic E-state index is 12.8. The molecule has 0 radical (unpaired) electrons. The molecule has 0 spiro atoms. The van der Waals surface area contributed by atoms with E-state index < -0.39 is 0 Å². The van der Waals surface area contributed by atoms with Crippen molar-refractivity contribution in [3.8, 4) is 0 Å².